The van der Waals surface area contributed by atoms with Crippen molar-refractivity contribution >= 4 is 5.91 Å². The zero-order chi connectivity index (χ0) is 11.8. The largest absolute Gasteiger partial charge is 0.388 e. The Hall–Kier alpha value is -0.650. The van der Waals surface area contributed by atoms with Crippen molar-refractivity contribution in [1.29, 1.82) is 0 Å². The summed E-state index contributed by atoms with van der Waals surface area (Å²) in [5, 5.41) is 18.8. The Morgan fingerprint density at radius 2 is 1.88 bits per heavy atom. The molecule has 1 saturated carbocycles. The summed E-state index contributed by atoms with van der Waals surface area (Å²) in [5.41, 5.74) is 5.70. The molecule has 2 aliphatic rings. The fraction of sp³-hybridized carbons (Fsp3) is 0.909. The number of aliphatic hydroxyl groups excluding tert-OH is 2. The Balaban J connectivity index is 1.89. The lowest BCUT2D eigenvalue weighted by Gasteiger charge is -2.41. The van der Waals surface area contributed by atoms with Crippen molar-refractivity contribution < 1.29 is 15.0 Å². The first-order valence-electron chi connectivity index (χ1n) is 5.90. The number of hydrogen-bond donors (Lipinski definition) is 3. The van der Waals surface area contributed by atoms with E-state index >= 15 is 0 Å². The first-order chi connectivity index (χ1) is 7.56. The van der Waals surface area contributed by atoms with Gasteiger partial charge in [-0.1, -0.05) is 6.42 Å². The number of carbonyl (C=O) groups is 1. The molecule has 1 aliphatic heterocycles. The fourth-order valence-electron chi connectivity index (χ4n) is 2.54. The number of hydrogen-bond acceptors (Lipinski definition) is 4. The summed E-state index contributed by atoms with van der Waals surface area (Å²) in [6.07, 6.45) is 2.07. The van der Waals surface area contributed by atoms with E-state index < -0.39 is 12.2 Å². The lowest BCUT2D eigenvalue weighted by molar-refractivity contribution is -0.134. The maximum Gasteiger partial charge on any atom is 0.223 e. The Labute approximate surface area is 95.2 Å². The van der Waals surface area contributed by atoms with Crippen molar-refractivity contribution in [2.75, 3.05) is 19.6 Å². The van der Waals surface area contributed by atoms with Gasteiger partial charge in [0, 0.05) is 19.5 Å². The van der Waals surface area contributed by atoms with Crippen molar-refractivity contribution in [2.24, 2.45) is 11.1 Å². The standard InChI is InChI=1S/C11H20N2O3/c12-7-11(2-1-3-11)4-10(16)13-5-8(14)9(15)6-13/h8-9,14-15H,1-7,12H2/t8-,9+. The highest BCUT2D eigenvalue weighted by Crippen LogP contribution is 2.43. The quantitative estimate of drug-likeness (QED) is 0.582. The van der Waals surface area contributed by atoms with Gasteiger partial charge in [0.05, 0.1) is 12.2 Å². The van der Waals surface area contributed by atoms with E-state index in [4.69, 9.17) is 5.73 Å². The van der Waals surface area contributed by atoms with Gasteiger partial charge in [0.15, 0.2) is 0 Å². The summed E-state index contributed by atoms with van der Waals surface area (Å²) in [4.78, 5) is 13.5. The number of rotatable bonds is 3. The van der Waals surface area contributed by atoms with E-state index in [-0.39, 0.29) is 24.4 Å². The van der Waals surface area contributed by atoms with E-state index in [1.165, 1.54) is 0 Å². The molecule has 0 unspecified atom stereocenters. The van der Waals surface area contributed by atoms with Gasteiger partial charge in [0.2, 0.25) is 5.91 Å². The minimum atomic E-state index is -0.792. The van der Waals surface area contributed by atoms with Crippen LogP contribution in [0.2, 0.25) is 0 Å². The van der Waals surface area contributed by atoms with Crippen molar-refractivity contribution in [3.8, 4) is 0 Å². The lowest BCUT2D eigenvalue weighted by atomic mass is 9.66. The van der Waals surface area contributed by atoms with Crippen LogP contribution in [0.5, 0.6) is 0 Å². The highest BCUT2D eigenvalue weighted by molar-refractivity contribution is 5.77. The Bertz CT molecular complexity index is 263. The summed E-state index contributed by atoms with van der Waals surface area (Å²) in [6.45, 7) is 1.05. The number of nitrogens with zero attached hydrogens (tertiary/aromatic N) is 1. The second kappa shape index (κ2) is 4.31. The van der Waals surface area contributed by atoms with Gasteiger partial charge in [-0.25, -0.2) is 0 Å². The number of nitrogens with two attached hydrogens (primary N) is 1. The third-order valence-electron chi connectivity index (χ3n) is 3.99. The van der Waals surface area contributed by atoms with Crippen molar-refractivity contribution in [2.45, 2.75) is 37.9 Å². The summed E-state index contributed by atoms with van der Waals surface area (Å²) < 4.78 is 0. The van der Waals surface area contributed by atoms with Crippen LogP contribution in [0.25, 0.3) is 0 Å². The SMILES string of the molecule is NCC1(CC(=O)N2C[C@@H](O)[C@@H](O)C2)CCC1. The molecule has 1 amide bonds. The molecule has 16 heavy (non-hydrogen) atoms. The topological polar surface area (TPSA) is 86.8 Å². The zero-order valence-corrected chi connectivity index (χ0v) is 9.43. The first-order valence-corrected chi connectivity index (χ1v) is 5.90. The smallest absolute Gasteiger partial charge is 0.223 e. The maximum absolute atomic E-state index is 12.0. The second-order valence-corrected chi connectivity index (χ2v) is 5.17. The molecule has 2 fully saturated rings. The molecular formula is C11H20N2O3. The first kappa shape index (κ1) is 11.8. The highest BCUT2D eigenvalue weighted by atomic mass is 16.3. The Morgan fingerprint density at radius 3 is 2.25 bits per heavy atom. The number of likely N-dealkylation sites (tertiary alicyclic amines) is 1. The van der Waals surface area contributed by atoms with Gasteiger partial charge in [0.1, 0.15) is 0 Å². The van der Waals surface area contributed by atoms with Crippen LogP contribution in [-0.2, 0) is 4.79 Å². The third-order valence-corrected chi connectivity index (χ3v) is 3.99. The molecule has 0 aromatic carbocycles. The van der Waals surface area contributed by atoms with Gasteiger partial charge in [-0.3, -0.25) is 4.79 Å². The predicted octanol–water partition coefficient (Wildman–Crippen LogP) is -0.930. The fourth-order valence-corrected chi connectivity index (χ4v) is 2.54. The van der Waals surface area contributed by atoms with Crippen molar-refractivity contribution in [1.82, 2.24) is 4.90 Å². The zero-order valence-electron chi connectivity index (χ0n) is 9.43. The number of aliphatic hydroxyl groups is 2. The van der Waals surface area contributed by atoms with Crippen molar-refractivity contribution in [3.63, 3.8) is 0 Å². The average molecular weight is 228 g/mol. The molecule has 5 nitrogen and oxygen atoms in total. The molecule has 0 spiro atoms. The summed E-state index contributed by atoms with van der Waals surface area (Å²) in [6, 6.07) is 0. The number of β-amino-alcohol motifs (C(OH)–C–C–N with tert-alkyl or cyclic N) is 2. The summed E-state index contributed by atoms with van der Waals surface area (Å²) >= 11 is 0. The molecule has 0 aromatic rings. The van der Waals surface area contributed by atoms with Crippen molar-refractivity contribution in [3.05, 3.63) is 0 Å². The molecule has 92 valence electrons. The number of carbonyl (C=O) groups excluding carboxylic acids is 1. The molecule has 0 aromatic heterocycles. The molecule has 2 rings (SSSR count). The van der Waals surface area contributed by atoms with E-state index in [1.807, 2.05) is 0 Å². The monoisotopic (exact) mass is 228 g/mol. The van der Waals surface area contributed by atoms with Gasteiger partial charge in [-0.15, -0.1) is 0 Å². The molecule has 0 radical (unpaired) electrons. The van der Waals surface area contributed by atoms with E-state index in [0.717, 1.165) is 19.3 Å². The highest BCUT2D eigenvalue weighted by Gasteiger charge is 2.40. The molecule has 1 heterocycles. The molecule has 1 saturated heterocycles. The van der Waals surface area contributed by atoms with Crippen LogP contribution in [0.1, 0.15) is 25.7 Å². The van der Waals surface area contributed by atoms with Crippen LogP contribution in [0, 0.1) is 5.41 Å². The van der Waals surface area contributed by atoms with E-state index in [9.17, 15) is 15.0 Å². The molecule has 1 aliphatic carbocycles. The van der Waals surface area contributed by atoms with Gasteiger partial charge < -0.3 is 20.8 Å². The van der Waals surface area contributed by atoms with Gasteiger partial charge in [0.25, 0.3) is 0 Å². The van der Waals surface area contributed by atoms with Crippen LogP contribution < -0.4 is 5.73 Å². The van der Waals surface area contributed by atoms with Gasteiger partial charge >= 0.3 is 0 Å². The molecule has 4 N–H and O–H groups in total. The Kier molecular flexibility index (Phi) is 3.19. The van der Waals surface area contributed by atoms with Crippen LogP contribution in [0.4, 0.5) is 0 Å². The maximum atomic E-state index is 12.0. The summed E-state index contributed by atoms with van der Waals surface area (Å²) in [7, 11) is 0. The predicted molar refractivity (Wildman–Crippen MR) is 58.5 cm³/mol. The number of amides is 1. The van der Waals surface area contributed by atoms with Crippen LogP contribution in [0.3, 0.4) is 0 Å². The minimum Gasteiger partial charge on any atom is -0.388 e. The minimum absolute atomic E-state index is 0.00439. The van der Waals surface area contributed by atoms with Gasteiger partial charge in [-0.2, -0.15) is 0 Å². The second-order valence-electron chi connectivity index (χ2n) is 5.17. The van der Waals surface area contributed by atoms with E-state index in [1.54, 1.807) is 4.90 Å². The lowest BCUT2D eigenvalue weighted by Crippen LogP contribution is -2.43. The van der Waals surface area contributed by atoms with E-state index in [2.05, 4.69) is 0 Å². The average Bonchev–Trinajstić information content (AvgIpc) is 2.53. The molecular weight excluding hydrogens is 208 g/mol. The Morgan fingerprint density at radius 1 is 1.31 bits per heavy atom. The van der Waals surface area contributed by atoms with Crippen LogP contribution in [0.15, 0.2) is 0 Å². The summed E-state index contributed by atoms with van der Waals surface area (Å²) in [5.74, 6) is 0.0146. The van der Waals surface area contributed by atoms with Crippen LogP contribution >= 0.6 is 0 Å². The van der Waals surface area contributed by atoms with E-state index in [0.29, 0.717) is 13.0 Å². The molecule has 0 bridgehead atoms. The van der Waals surface area contributed by atoms with Gasteiger partial charge in [-0.05, 0) is 24.8 Å². The van der Waals surface area contributed by atoms with Crippen LogP contribution in [-0.4, -0.2) is 52.9 Å². The molecule has 2 atom stereocenters. The third kappa shape index (κ3) is 2.07. The normalized spacial score (nSPS) is 32.6. The molecule has 5 heteroatoms.